The fourth-order valence-electron chi connectivity index (χ4n) is 2.74. The van der Waals surface area contributed by atoms with Crippen molar-refractivity contribution in [3.63, 3.8) is 0 Å². The van der Waals surface area contributed by atoms with Crippen LogP contribution in [0.15, 0.2) is 24.3 Å². The molecule has 0 amide bonds. The van der Waals surface area contributed by atoms with Gasteiger partial charge in [0.25, 0.3) is 0 Å². The zero-order valence-electron chi connectivity index (χ0n) is 12.0. The van der Waals surface area contributed by atoms with Crippen LogP contribution in [0.2, 0.25) is 0 Å². The third kappa shape index (κ3) is 3.06. The van der Waals surface area contributed by atoms with E-state index in [0.29, 0.717) is 6.04 Å². The number of hydrogen-bond acceptors (Lipinski definition) is 5. The van der Waals surface area contributed by atoms with Crippen LogP contribution >= 0.6 is 0 Å². The number of nitrogens with two attached hydrogens (primary N) is 1. The Labute approximate surface area is 115 Å². The van der Waals surface area contributed by atoms with E-state index in [1.54, 1.807) is 7.11 Å². The van der Waals surface area contributed by atoms with Crippen molar-refractivity contribution in [1.29, 1.82) is 0 Å². The summed E-state index contributed by atoms with van der Waals surface area (Å²) in [7, 11) is 6.00. The van der Waals surface area contributed by atoms with E-state index < -0.39 is 0 Å². The first-order chi connectivity index (χ1) is 9.17. The van der Waals surface area contributed by atoms with Crippen molar-refractivity contribution in [2.75, 3.05) is 40.8 Å². The number of likely N-dealkylation sites (N-methyl/N-ethyl adjacent to an activating group) is 2. The fraction of sp³-hybridized carbons (Fsp3) is 0.571. The van der Waals surface area contributed by atoms with Crippen LogP contribution in [0.5, 0.6) is 5.75 Å². The third-order valence-electron chi connectivity index (χ3n) is 3.94. The molecule has 1 aromatic rings. The highest BCUT2D eigenvalue weighted by atomic mass is 16.5. The van der Waals surface area contributed by atoms with Crippen molar-refractivity contribution >= 4 is 0 Å². The topological polar surface area (TPSA) is 53.8 Å². The molecule has 3 N–H and O–H groups in total. The van der Waals surface area contributed by atoms with Gasteiger partial charge in [-0.05, 0) is 20.2 Å². The summed E-state index contributed by atoms with van der Waals surface area (Å²) in [6.07, 6.45) is 0. The van der Waals surface area contributed by atoms with Crippen LogP contribution in [0.3, 0.4) is 0 Å². The Morgan fingerprint density at radius 2 is 2.05 bits per heavy atom. The molecule has 0 aliphatic carbocycles. The molecule has 0 aromatic heterocycles. The third-order valence-corrected chi connectivity index (χ3v) is 3.94. The van der Waals surface area contributed by atoms with E-state index in [1.807, 2.05) is 18.2 Å². The van der Waals surface area contributed by atoms with Crippen LogP contribution in [0.4, 0.5) is 0 Å². The fourth-order valence-corrected chi connectivity index (χ4v) is 2.74. The number of para-hydroxylation sites is 1. The number of hydrogen-bond donors (Lipinski definition) is 2. The van der Waals surface area contributed by atoms with E-state index in [0.717, 1.165) is 30.9 Å². The molecule has 1 aliphatic heterocycles. The molecule has 106 valence electrons. The number of hydrazine groups is 1. The molecule has 0 bridgehead atoms. The molecule has 2 atom stereocenters. The highest BCUT2D eigenvalue weighted by molar-refractivity contribution is 5.36. The van der Waals surface area contributed by atoms with E-state index in [9.17, 15) is 0 Å². The summed E-state index contributed by atoms with van der Waals surface area (Å²) in [5.41, 5.74) is 4.08. The van der Waals surface area contributed by atoms with Crippen LogP contribution < -0.4 is 16.0 Å². The molecule has 1 fully saturated rings. The summed E-state index contributed by atoms with van der Waals surface area (Å²) in [6.45, 7) is 3.13. The second-order valence-corrected chi connectivity index (χ2v) is 5.20. The lowest BCUT2D eigenvalue weighted by Gasteiger charge is -2.42. The molecule has 0 radical (unpaired) electrons. The smallest absolute Gasteiger partial charge is 0.123 e. The summed E-state index contributed by atoms with van der Waals surface area (Å²) < 4.78 is 5.45. The van der Waals surface area contributed by atoms with E-state index >= 15 is 0 Å². The highest BCUT2D eigenvalue weighted by Gasteiger charge is 2.31. The second-order valence-electron chi connectivity index (χ2n) is 5.20. The Balaban J connectivity index is 2.27. The Morgan fingerprint density at radius 3 is 2.74 bits per heavy atom. The Morgan fingerprint density at radius 1 is 1.32 bits per heavy atom. The largest absolute Gasteiger partial charge is 0.496 e. The molecule has 1 heterocycles. The summed E-state index contributed by atoms with van der Waals surface area (Å²) in [5, 5.41) is 0. The second kappa shape index (κ2) is 6.34. The van der Waals surface area contributed by atoms with Crippen LogP contribution in [0.1, 0.15) is 11.6 Å². The van der Waals surface area contributed by atoms with Crippen molar-refractivity contribution in [1.82, 2.24) is 15.2 Å². The number of piperazine rings is 1. The number of methoxy groups -OCH3 is 1. The van der Waals surface area contributed by atoms with E-state index in [2.05, 4.69) is 35.4 Å². The van der Waals surface area contributed by atoms with Gasteiger partial charge in [0, 0.05) is 31.2 Å². The Bertz CT molecular complexity index is 412. The van der Waals surface area contributed by atoms with Gasteiger partial charge < -0.3 is 9.64 Å². The Hall–Kier alpha value is -1.14. The number of nitrogens with zero attached hydrogens (tertiary/aromatic N) is 2. The summed E-state index contributed by atoms with van der Waals surface area (Å²) in [4.78, 5) is 4.70. The lowest BCUT2D eigenvalue weighted by molar-refractivity contribution is 0.0869. The number of nitrogens with one attached hydrogen (secondary N) is 1. The molecule has 1 aromatic carbocycles. The number of benzene rings is 1. The summed E-state index contributed by atoms with van der Waals surface area (Å²) in [6, 6.07) is 8.45. The summed E-state index contributed by atoms with van der Waals surface area (Å²) >= 11 is 0. The number of rotatable bonds is 4. The first-order valence-electron chi connectivity index (χ1n) is 6.65. The predicted molar refractivity (Wildman–Crippen MR) is 77.0 cm³/mol. The highest BCUT2D eigenvalue weighted by Crippen LogP contribution is 2.29. The molecule has 0 spiro atoms. The van der Waals surface area contributed by atoms with Gasteiger partial charge in [0.05, 0.1) is 13.2 Å². The zero-order valence-corrected chi connectivity index (χ0v) is 12.0. The van der Waals surface area contributed by atoms with Crippen LogP contribution in [-0.2, 0) is 0 Å². The standard InChI is InChI=1S/C14H24N4O/c1-17-8-9-18(2)12(10-17)14(16-15)11-6-4-5-7-13(11)19-3/h4-7,12,14,16H,8-10,15H2,1-3H3. The average Bonchev–Trinajstić information content (AvgIpc) is 2.44. The maximum Gasteiger partial charge on any atom is 0.123 e. The van der Waals surface area contributed by atoms with Crippen molar-refractivity contribution in [2.45, 2.75) is 12.1 Å². The van der Waals surface area contributed by atoms with E-state index in [1.165, 1.54) is 0 Å². The van der Waals surface area contributed by atoms with Gasteiger partial charge in [0.1, 0.15) is 5.75 Å². The predicted octanol–water partition coefficient (Wildman–Crippen LogP) is 0.445. The van der Waals surface area contributed by atoms with Crippen LogP contribution in [0.25, 0.3) is 0 Å². The minimum Gasteiger partial charge on any atom is -0.496 e. The van der Waals surface area contributed by atoms with Crippen LogP contribution in [-0.4, -0.2) is 56.7 Å². The molecule has 5 nitrogen and oxygen atoms in total. The molecule has 5 heteroatoms. The quantitative estimate of drug-likeness (QED) is 0.611. The molecule has 1 saturated heterocycles. The molecule has 19 heavy (non-hydrogen) atoms. The van der Waals surface area contributed by atoms with Gasteiger partial charge in [0.15, 0.2) is 0 Å². The minimum absolute atomic E-state index is 0.0592. The Kier molecular flexibility index (Phi) is 4.76. The SMILES string of the molecule is COc1ccccc1C(NN)C1CN(C)CCN1C. The van der Waals surface area contributed by atoms with E-state index in [-0.39, 0.29) is 6.04 Å². The lowest BCUT2D eigenvalue weighted by atomic mass is 9.96. The normalized spacial score (nSPS) is 23.3. The van der Waals surface area contributed by atoms with Gasteiger partial charge in [-0.15, -0.1) is 0 Å². The zero-order chi connectivity index (χ0) is 13.8. The molecule has 1 aliphatic rings. The lowest BCUT2D eigenvalue weighted by Crippen LogP contribution is -2.56. The molecular formula is C14H24N4O. The van der Waals surface area contributed by atoms with Crippen molar-refractivity contribution in [3.05, 3.63) is 29.8 Å². The average molecular weight is 264 g/mol. The number of ether oxygens (including phenoxy) is 1. The van der Waals surface area contributed by atoms with Crippen molar-refractivity contribution in [3.8, 4) is 5.75 Å². The first kappa shape index (κ1) is 14.3. The molecular weight excluding hydrogens is 240 g/mol. The van der Waals surface area contributed by atoms with Gasteiger partial charge in [-0.2, -0.15) is 0 Å². The van der Waals surface area contributed by atoms with Gasteiger partial charge in [0.2, 0.25) is 0 Å². The van der Waals surface area contributed by atoms with Crippen molar-refractivity contribution < 1.29 is 4.74 Å². The maximum absolute atomic E-state index is 5.82. The van der Waals surface area contributed by atoms with E-state index in [4.69, 9.17) is 10.6 Å². The van der Waals surface area contributed by atoms with Gasteiger partial charge in [-0.25, -0.2) is 0 Å². The van der Waals surface area contributed by atoms with Gasteiger partial charge >= 0.3 is 0 Å². The monoisotopic (exact) mass is 264 g/mol. The summed E-state index contributed by atoms with van der Waals surface area (Å²) in [5.74, 6) is 6.70. The van der Waals surface area contributed by atoms with Gasteiger partial charge in [-0.3, -0.25) is 16.2 Å². The minimum atomic E-state index is 0.0592. The first-order valence-corrected chi connectivity index (χ1v) is 6.65. The van der Waals surface area contributed by atoms with Gasteiger partial charge in [-0.1, -0.05) is 18.2 Å². The molecule has 2 rings (SSSR count). The van der Waals surface area contributed by atoms with Crippen molar-refractivity contribution in [2.24, 2.45) is 5.84 Å². The maximum atomic E-state index is 5.82. The van der Waals surface area contributed by atoms with Crippen LogP contribution in [0, 0.1) is 0 Å². The molecule has 0 saturated carbocycles. The molecule has 2 unspecified atom stereocenters.